The summed E-state index contributed by atoms with van der Waals surface area (Å²) in [5, 5.41) is 6.34. The van der Waals surface area contributed by atoms with E-state index < -0.39 is 29.6 Å². The molecule has 3 rings (SSSR count). The minimum atomic E-state index is -0.710. The second-order valence-electron chi connectivity index (χ2n) is 6.91. The number of carbonyl (C=O) groups is 3. The fraction of sp³-hybridized carbons (Fsp3) is 0.174. The van der Waals surface area contributed by atoms with Gasteiger partial charge in [0.2, 0.25) is 0 Å². The smallest absolute Gasteiger partial charge is 0.307 e. The Morgan fingerprint density at radius 2 is 1.78 bits per heavy atom. The van der Waals surface area contributed by atoms with E-state index in [2.05, 4.69) is 10.6 Å². The highest BCUT2D eigenvalue weighted by Crippen LogP contribution is 2.29. The predicted octanol–water partition coefficient (Wildman–Crippen LogP) is 5.14. The van der Waals surface area contributed by atoms with E-state index in [4.69, 9.17) is 16.3 Å². The lowest BCUT2D eigenvalue weighted by molar-refractivity contribution is -0.141. The van der Waals surface area contributed by atoms with Crippen molar-refractivity contribution in [2.24, 2.45) is 0 Å². The van der Waals surface area contributed by atoms with Crippen LogP contribution in [0.15, 0.2) is 54.6 Å². The Kier molecular flexibility index (Phi) is 7.61. The summed E-state index contributed by atoms with van der Waals surface area (Å²) in [5.41, 5.74) is 1.53. The van der Waals surface area contributed by atoms with E-state index in [1.807, 2.05) is 0 Å². The first-order chi connectivity index (χ1) is 15.3. The van der Waals surface area contributed by atoms with Gasteiger partial charge in [0.25, 0.3) is 11.8 Å². The minimum absolute atomic E-state index is 0.117. The Balaban J connectivity index is 1.78. The number of hydrogen-bond acceptors (Lipinski definition) is 5. The number of thiophene rings is 1. The van der Waals surface area contributed by atoms with Crippen molar-refractivity contribution >= 4 is 45.7 Å². The van der Waals surface area contributed by atoms with E-state index in [1.54, 1.807) is 37.3 Å². The lowest BCUT2D eigenvalue weighted by Crippen LogP contribution is -2.30. The third-order valence-electron chi connectivity index (χ3n) is 4.66. The lowest BCUT2D eigenvalue weighted by atomic mass is 10.0. The third-order valence-corrected chi connectivity index (χ3v) is 6.14. The van der Waals surface area contributed by atoms with Crippen molar-refractivity contribution in [3.63, 3.8) is 0 Å². The van der Waals surface area contributed by atoms with Crippen molar-refractivity contribution in [1.82, 2.24) is 5.32 Å². The molecule has 9 heteroatoms. The number of esters is 1. The summed E-state index contributed by atoms with van der Waals surface area (Å²) in [5.74, 6) is -1.76. The van der Waals surface area contributed by atoms with Crippen molar-refractivity contribution in [2.45, 2.75) is 19.4 Å². The van der Waals surface area contributed by atoms with E-state index >= 15 is 0 Å². The van der Waals surface area contributed by atoms with Crippen molar-refractivity contribution < 1.29 is 23.5 Å². The number of amides is 2. The van der Waals surface area contributed by atoms with Gasteiger partial charge in [-0.05, 0) is 48.4 Å². The molecule has 2 N–H and O–H groups in total. The molecule has 0 aliphatic carbocycles. The van der Waals surface area contributed by atoms with Gasteiger partial charge in [0.05, 0.1) is 40.0 Å². The minimum Gasteiger partial charge on any atom is -0.469 e. The van der Waals surface area contributed by atoms with Crippen LogP contribution in [0.3, 0.4) is 0 Å². The van der Waals surface area contributed by atoms with Crippen LogP contribution in [0.25, 0.3) is 0 Å². The fourth-order valence-corrected chi connectivity index (χ4v) is 4.21. The van der Waals surface area contributed by atoms with Gasteiger partial charge in [-0.25, -0.2) is 4.39 Å². The molecule has 166 valence electrons. The topological polar surface area (TPSA) is 84.5 Å². The molecule has 0 saturated heterocycles. The van der Waals surface area contributed by atoms with Crippen LogP contribution in [0.1, 0.15) is 43.6 Å². The standard InChI is InChI=1S/C23H20ClFN2O4S/c1-13-11-19(27-22(29)16-5-3-4-6-17(16)24)32-21(13)23(30)26-18(12-20(28)31-2)14-7-9-15(25)10-8-14/h3-11,18H,12H2,1-2H3,(H,26,30)(H,27,29). The summed E-state index contributed by atoms with van der Waals surface area (Å²) < 4.78 is 18.0. The van der Waals surface area contributed by atoms with E-state index in [1.165, 1.54) is 31.4 Å². The predicted molar refractivity (Wildman–Crippen MR) is 122 cm³/mol. The van der Waals surface area contributed by atoms with Gasteiger partial charge in [0, 0.05) is 0 Å². The number of hydrogen-bond donors (Lipinski definition) is 2. The van der Waals surface area contributed by atoms with Crippen LogP contribution < -0.4 is 10.6 Å². The van der Waals surface area contributed by atoms with Crippen LogP contribution in [0, 0.1) is 12.7 Å². The van der Waals surface area contributed by atoms with Gasteiger partial charge in [-0.15, -0.1) is 11.3 Å². The molecule has 6 nitrogen and oxygen atoms in total. The number of halogens is 2. The van der Waals surface area contributed by atoms with Crippen LogP contribution in [0.5, 0.6) is 0 Å². The number of methoxy groups -OCH3 is 1. The van der Waals surface area contributed by atoms with Crippen molar-refractivity contribution in [3.8, 4) is 0 Å². The lowest BCUT2D eigenvalue weighted by Gasteiger charge is -2.18. The highest BCUT2D eigenvalue weighted by atomic mass is 35.5. The molecule has 0 radical (unpaired) electrons. The Morgan fingerprint density at radius 1 is 1.09 bits per heavy atom. The van der Waals surface area contributed by atoms with Gasteiger partial charge >= 0.3 is 5.97 Å². The highest BCUT2D eigenvalue weighted by Gasteiger charge is 2.23. The molecular weight excluding hydrogens is 455 g/mol. The maximum absolute atomic E-state index is 13.3. The third kappa shape index (κ3) is 5.72. The SMILES string of the molecule is COC(=O)CC(NC(=O)c1sc(NC(=O)c2ccccc2Cl)cc1C)c1ccc(F)cc1. The van der Waals surface area contributed by atoms with Crippen LogP contribution >= 0.6 is 22.9 Å². The van der Waals surface area contributed by atoms with Crippen LogP contribution in [0.2, 0.25) is 5.02 Å². The molecule has 0 bridgehead atoms. The zero-order valence-corrected chi connectivity index (χ0v) is 18.9. The van der Waals surface area contributed by atoms with E-state index in [0.29, 0.717) is 31.6 Å². The highest BCUT2D eigenvalue weighted by molar-refractivity contribution is 7.18. The molecule has 0 fully saturated rings. The molecular formula is C23H20ClFN2O4S. The molecule has 32 heavy (non-hydrogen) atoms. The maximum atomic E-state index is 13.3. The maximum Gasteiger partial charge on any atom is 0.307 e. The second kappa shape index (κ2) is 10.4. The zero-order valence-electron chi connectivity index (χ0n) is 17.3. The van der Waals surface area contributed by atoms with Gasteiger partial charge < -0.3 is 15.4 Å². The Labute approximate surface area is 193 Å². The summed E-state index contributed by atoms with van der Waals surface area (Å²) in [6, 6.07) is 13.1. The Hall–Kier alpha value is -3.23. The largest absolute Gasteiger partial charge is 0.469 e. The molecule has 2 aromatic carbocycles. The summed E-state index contributed by atoms with van der Waals surface area (Å²) in [6.07, 6.45) is -0.117. The Bertz CT molecular complexity index is 1150. The van der Waals surface area contributed by atoms with Gasteiger partial charge in [-0.3, -0.25) is 14.4 Å². The number of anilines is 1. The molecule has 2 amide bonds. The first kappa shape index (κ1) is 23.4. The molecule has 0 aliphatic heterocycles. The molecule has 0 aliphatic rings. The molecule has 0 spiro atoms. The molecule has 0 saturated carbocycles. The molecule has 1 unspecified atom stereocenters. The number of rotatable bonds is 7. The number of benzene rings is 2. The van der Waals surface area contributed by atoms with E-state index in [0.717, 1.165) is 11.3 Å². The number of aryl methyl sites for hydroxylation is 1. The average Bonchev–Trinajstić information content (AvgIpc) is 3.13. The summed E-state index contributed by atoms with van der Waals surface area (Å²) >= 11 is 7.17. The quantitative estimate of drug-likeness (QED) is 0.464. The summed E-state index contributed by atoms with van der Waals surface area (Å²) in [7, 11) is 1.25. The molecule has 1 heterocycles. The van der Waals surface area contributed by atoms with E-state index in [9.17, 15) is 18.8 Å². The summed E-state index contributed by atoms with van der Waals surface area (Å²) in [4.78, 5) is 37.7. The van der Waals surface area contributed by atoms with Crippen molar-refractivity contribution in [3.05, 3.63) is 87.0 Å². The normalized spacial score (nSPS) is 11.5. The van der Waals surface area contributed by atoms with Crippen molar-refractivity contribution in [2.75, 3.05) is 12.4 Å². The zero-order chi connectivity index (χ0) is 23.3. The van der Waals surface area contributed by atoms with Crippen LogP contribution in [0.4, 0.5) is 9.39 Å². The first-order valence-corrected chi connectivity index (χ1v) is 10.8. The monoisotopic (exact) mass is 474 g/mol. The van der Waals surface area contributed by atoms with Gasteiger partial charge in [-0.1, -0.05) is 35.9 Å². The van der Waals surface area contributed by atoms with Crippen LogP contribution in [-0.4, -0.2) is 24.9 Å². The Morgan fingerprint density at radius 3 is 2.44 bits per heavy atom. The number of carbonyl (C=O) groups excluding carboxylic acids is 3. The molecule has 1 atom stereocenters. The van der Waals surface area contributed by atoms with Crippen molar-refractivity contribution in [1.29, 1.82) is 0 Å². The molecule has 1 aromatic heterocycles. The fourth-order valence-electron chi connectivity index (χ4n) is 3.01. The molecule has 3 aromatic rings. The van der Waals surface area contributed by atoms with Gasteiger partial charge in [0.1, 0.15) is 5.82 Å². The van der Waals surface area contributed by atoms with Gasteiger partial charge in [0.15, 0.2) is 0 Å². The number of nitrogens with one attached hydrogen (secondary N) is 2. The second-order valence-corrected chi connectivity index (χ2v) is 8.37. The average molecular weight is 475 g/mol. The van der Waals surface area contributed by atoms with E-state index in [-0.39, 0.29) is 6.42 Å². The van der Waals surface area contributed by atoms with Crippen LogP contribution in [-0.2, 0) is 9.53 Å². The number of ether oxygens (including phenoxy) is 1. The van der Waals surface area contributed by atoms with Gasteiger partial charge in [-0.2, -0.15) is 0 Å². The first-order valence-electron chi connectivity index (χ1n) is 9.58. The summed E-state index contributed by atoms with van der Waals surface area (Å²) in [6.45, 7) is 1.74.